The Morgan fingerprint density at radius 1 is 1.03 bits per heavy atom. The molecule has 1 aliphatic heterocycles. The summed E-state index contributed by atoms with van der Waals surface area (Å²) in [5.41, 5.74) is 2.03. The molecule has 1 aliphatic rings. The highest BCUT2D eigenvalue weighted by Crippen LogP contribution is 2.28. The molecule has 2 N–H and O–H groups in total. The third-order valence-electron chi connectivity index (χ3n) is 4.59. The molecule has 0 aromatic heterocycles. The number of hydrogen-bond donors (Lipinski definition) is 2. The van der Waals surface area contributed by atoms with Crippen LogP contribution in [0.4, 0.5) is 11.4 Å². The SMILES string of the molecule is COc1ccc(C(=O)NCC(=O)Nc2ccccc2N2CCOCC2)cc1OC. The number of amides is 2. The topological polar surface area (TPSA) is 89.1 Å². The van der Waals surface area contributed by atoms with Gasteiger partial charge in [0.15, 0.2) is 11.5 Å². The Balaban J connectivity index is 1.60. The van der Waals surface area contributed by atoms with Gasteiger partial charge in [-0.2, -0.15) is 0 Å². The maximum Gasteiger partial charge on any atom is 0.251 e. The van der Waals surface area contributed by atoms with E-state index in [4.69, 9.17) is 14.2 Å². The molecule has 0 unspecified atom stereocenters. The summed E-state index contributed by atoms with van der Waals surface area (Å²) in [5.74, 6) is 0.299. The van der Waals surface area contributed by atoms with E-state index in [1.165, 1.54) is 14.2 Å². The fraction of sp³-hybridized carbons (Fsp3) is 0.333. The lowest BCUT2D eigenvalue weighted by Crippen LogP contribution is -2.37. The van der Waals surface area contributed by atoms with E-state index >= 15 is 0 Å². The predicted octanol–water partition coefficient (Wildman–Crippen LogP) is 1.91. The summed E-state index contributed by atoms with van der Waals surface area (Å²) in [5, 5.41) is 5.50. The molecule has 29 heavy (non-hydrogen) atoms. The Labute approximate surface area is 169 Å². The van der Waals surface area contributed by atoms with Crippen LogP contribution in [0.5, 0.6) is 11.5 Å². The molecule has 8 nitrogen and oxygen atoms in total. The van der Waals surface area contributed by atoms with Crippen molar-refractivity contribution in [2.45, 2.75) is 0 Å². The van der Waals surface area contributed by atoms with E-state index in [1.54, 1.807) is 18.2 Å². The third-order valence-corrected chi connectivity index (χ3v) is 4.59. The Morgan fingerprint density at radius 2 is 1.76 bits per heavy atom. The highest BCUT2D eigenvalue weighted by atomic mass is 16.5. The molecule has 0 atom stereocenters. The smallest absolute Gasteiger partial charge is 0.251 e. The summed E-state index contributed by atoms with van der Waals surface area (Å²) in [6.45, 7) is 2.70. The predicted molar refractivity (Wildman–Crippen MR) is 110 cm³/mol. The molecule has 2 aromatic rings. The van der Waals surface area contributed by atoms with Gasteiger partial charge in [0.25, 0.3) is 5.91 Å². The fourth-order valence-electron chi connectivity index (χ4n) is 3.09. The van der Waals surface area contributed by atoms with Crippen LogP contribution in [0.25, 0.3) is 0 Å². The average Bonchev–Trinajstić information content (AvgIpc) is 2.78. The highest BCUT2D eigenvalue weighted by molar-refractivity contribution is 6.00. The number of carbonyl (C=O) groups excluding carboxylic acids is 2. The van der Waals surface area contributed by atoms with Gasteiger partial charge in [0.05, 0.1) is 45.4 Å². The minimum atomic E-state index is -0.373. The lowest BCUT2D eigenvalue weighted by atomic mass is 10.2. The van der Waals surface area contributed by atoms with Crippen LogP contribution in [0.2, 0.25) is 0 Å². The fourth-order valence-corrected chi connectivity index (χ4v) is 3.09. The molecule has 3 rings (SSSR count). The number of rotatable bonds is 7. The van der Waals surface area contributed by atoms with Gasteiger partial charge in [0, 0.05) is 18.7 Å². The van der Waals surface area contributed by atoms with Gasteiger partial charge in [-0.25, -0.2) is 0 Å². The second-order valence-electron chi connectivity index (χ2n) is 6.42. The van der Waals surface area contributed by atoms with E-state index in [2.05, 4.69) is 15.5 Å². The van der Waals surface area contributed by atoms with Crippen molar-refractivity contribution < 1.29 is 23.8 Å². The molecule has 0 aliphatic carbocycles. The first-order valence-electron chi connectivity index (χ1n) is 9.34. The van der Waals surface area contributed by atoms with Gasteiger partial charge < -0.3 is 29.7 Å². The van der Waals surface area contributed by atoms with Crippen LogP contribution >= 0.6 is 0 Å². The summed E-state index contributed by atoms with van der Waals surface area (Å²) in [7, 11) is 3.02. The molecular weight excluding hydrogens is 374 g/mol. The molecule has 0 saturated carbocycles. The zero-order valence-electron chi connectivity index (χ0n) is 16.6. The van der Waals surface area contributed by atoms with E-state index < -0.39 is 0 Å². The van der Waals surface area contributed by atoms with E-state index in [0.717, 1.165) is 18.8 Å². The largest absolute Gasteiger partial charge is 0.493 e. The van der Waals surface area contributed by atoms with E-state index in [-0.39, 0.29) is 18.4 Å². The molecule has 1 fully saturated rings. The van der Waals surface area contributed by atoms with Gasteiger partial charge in [0.2, 0.25) is 5.91 Å². The molecule has 8 heteroatoms. The highest BCUT2D eigenvalue weighted by Gasteiger charge is 2.16. The summed E-state index contributed by atoms with van der Waals surface area (Å²) in [4.78, 5) is 26.9. The molecule has 2 aromatic carbocycles. The van der Waals surface area contributed by atoms with Crippen molar-refractivity contribution in [3.8, 4) is 11.5 Å². The lowest BCUT2D eigenvalue weighted by Gasteiger charge is -2.30. The first-order valence-corrected chi connectivity index (χ1v) is 9.34. The number of nitrogens with zero attached hydrogens (tertiary/aromatic N) is 1. The standard InChI is InChI=1S/C21H25N3O5/c1-27-18-8-7-15(13-19(18)28-2)21(26)22-14-20(25)23-16-5-3-4-6-17(16)24-9-11-29-12-10-24/h3-8,13H,9-12,14H2,1-2H3,(H,22,26)(H,23,25). The Hall–Kier alpha value is -3.26. The minimum Gasteiger partial charge on any atom is -0.493 e. The van der Waals surface area contributed by atoms with Gasteiger partial charge >= 0.3 is 0 Å². The first-order chi connectivity index (χ1) is 14.1. The van der Waals surface area contributed by atoms with Crippen LogP contribution in [-0.4, -0.2) is 58.9 Å². The molecule has 0 radical (unpaired) electrons. The molecule has 2 amide bonds. The second kappa shape index (κ2) is 9.79. The van der Waals surface area contributed by atoms with Crippen LogP contribution in [0.15, 0.2) is 42.5 Å². The van der Waals surface area contributed by atoms with Crippen molar-refractivity contribution in [2.75, 3.05) is 57.3 Å². The van der Waals surface area contributed by atoms with Gasteiger partial charge in [0.1, 0.15) is 0 Å². The number of benzene rings is 2. The Bertz CT molecular complexity index is 865. The number of hydrogen-bond acceptors (Lipinski definition) is 6. The van der Waals surface area contributed by atoms with Crippen LogP contribution in [0.3, 0.4) is 0 Å². The van der Waals surface area contributed by atoms with Crippen LogP contribution in [0.1, 0.15) is 10.4 Å². The minimum absolute atomic E-state index is 0.148. The number of para-hydroxylation sites is 2. The number of carbonyl (C=O) groups is 2. The normalized spacial score (nSPS) is 13.5. The quantitative estimate of drug-likeness (QED) is 0.739. The molecular formula is C21H25N3O5. The average molecular weight is 399 g/mol. The Morgan fingerprint density at radius 3 is 2.48 bits per heavy atom. The number of ether oxygens (including phenoxy) is 3. The lowest BCUT2D eigenvalue weighted by molar-refractivity contribution is -0.115. The van der Waals surface area contributed by atoms with Crippen molar-refractivity contribution in [2.24, 2.45) is 0 Å². The van der Waals surface area contributed by atoms with Crippen LogP contribution < -0.4 is 25.0 Å². The number of anilines is 2. The first kappa shape index (κ1) is 20.5. The van der Waals surface area contributed by atoms with Crippen molar-refractivity contribution in [1.29, 1.82) is 0 Å². The van der Waals surface area contributed by atoms with Crippen LogP contribution in [-0.2, 0) is 9.53 Å². The van der Waals surface area contributed by atoms with Crippen LogP contribution in [0, 0.1) is 0 Å². The van der Waals surface area contributed by atoms with Crippen molar-refractivity contribution >= 4 is 23.2 Å². The maximum absolute atomic E-state index is 12.4. The van der Waals surface area contributed by atoms with E-state index in [0.29, 0.717) is 36.0 Å². The van der Waals surface area contributed by atoms with Crippen molar-refractivity contribution in [1.82, 2.24) is 5.32 Å². The summed E-state index contributed by atoms with van der Waals surface area (Å²) < 4.78 is 15.8. The Kier molecular flexibility index (Phi) is 6.91. The third kappa shape index (κ3) is 5.17. The van der Waals surface area contributed by atoms with E-state index in [9.17, 15) is 9.59 Å². The molecule has 1 saturated heterocycles. The van der Waals surface area contributed by atoms with Crippen molar-refractivity contribution in [3.05, 3.63) is 48.0 Å². The second-order valence-corrected chi connectivity index (χ2v) is 6.42. The monoisotopic (exact) mass is 399 g/mol. The van der Waals surface area contributed by atoms with Gasteiger partial charge in [-0.1, -0.05) is 12.1 Å². The van der Waals surface area contributed by atoms with Gasteiger partial charge in [-0.05, 0) is 30.3 Å². The van der Waals surface area contributed by atoms with Gasteiger partial charge in [-0.3, -0.25) is 9.59 Å². The zero-order chi connectivity index (χ0) is 20.6. The maximum atomic E-state index is 12.4. The molecule has 0 spiro atoms. The summed E-state index contributed by atoms with van der Waals surface area (Å²) >= 11 is 0. The number of nitrogens with one attached hydrogen (secondary N) is 2. The molecule has 154 valence electrons. The summed E-state index contributed by atoms with van der Waals surface area (Å²) in [6.07, 6.45) is 0. The van der Waals surface area contributed by atoms with Gasteiger partial charge in [-0.15, -0.1) is 0 Å². The molecule has 0 bridgehead atoms. The number of morpholine rings is 1. The number of methoxy groups -OCH3 is 2. The summed E-state index contributed by atoms with van der Waals surface area (Å²) in [6, 6.07) is 12.4. The van der Waals surface area contributed by atoms with Crippen molar-refractivity contribution in [3.63, 3.8) is 0 Å². The van der Waals surface area contributed by atoms with E-state index in [1.807, 2.05) is 24.3 Å². The molecule has 1 heterocycles. The zero-order valence-corrected chi connectivity index (χ0v) is 16.6.